The maximum atomic E-state index is 12.8. The molecule has 35 nitrogen and oxygen atoms in total. The van der Waals surface area contributed by atoms with Crippen LogP contribution in [0.15, 0.2) is 36.4 Å². The number of ether oxygens (including phenoxy) is 5. The van der Waals surface area contributed by atoms with Gasteiger partial charge in [0.25, 0.3) is 15.3 Å². The third kappa shape index (κ3) is 21.2. The second-order valence-electron chi connectivity index (χ2n) is 20.4. The van der Waals surface area contributed by atoms with E-state index in [4.69, 9.17) is 23.7 Å². The number of carbonyl (C=O) groups is 5. The van der Waals surface area contributed by atoms with Crippen LogP contribution in [0.5, 0.6) is 11.5 Å². The molecule has 474 valence electrons. The molecule has 2 fully saturated rings. The quantitative estimate of drug-likeness (QED) is 0.0211. The van der Waals surface area contributed by atoms with Crippen molar-refractivity contribution >= 4 is 41.5 Å². The van der Waals surface area contributed by atoms with Gasteiger partial charge in [-0.25, -0.2) is 23.7 Å². The summed E-state index contributed by atoms with van der Waals surface area (Å²) >= 11 is 0. The number of aromatic nitrogens is 8. The number of nitrogens with zero attached hydrogens (tertiary/aromatic N) is 14. The summed E-state index contributed by atoms with van der Waals surface area (Å²) in [4.78, 5) is 108. The smallest absolute Gasteiger partial charge is 0.414 e. The number of carbonyl (C=O) groups excluding carboxylic acids is 5. The van der Waals surface area contributed by atoms with Gasteiger partial charge >= 0.3 is 18.3 Å². The molecule has 8 rings (SSSR count). The highest BCUT2D eigenvalue weighted by atomic mass is 17.0. The molecule has 4 aliphatic rings. The van der Waals surface area contributed by atoms with Crippen molar-refractivity contribution in [2.45, 2.75) is 141 Å². The zero-order valence-electron chi connectivity index (χ0n) is 48.1. The molecule has 0 bridgehead atoms. The van der Waals surface area contributed by atoms with Crippen LogP contribution in [0.25, 0.3) is 0 Å². The van der Waals surface area contributed by atoms with Crippen LogP contribution in [0.2, 0.25) is 0 Å². The number of anilines is 2. The maximum Gasteiger partial charge on any atom is 0.414 e. The lowest BCUT2D eigenvalue weighted by molar-refractivity contribution is -0.757. The minimum Gasteiger partial charge on any atom is -0.494 e. The zero-order chi connectivity index (χ0) is 61.8. The summed E-state index contributed by atoms with van der Waals surface area (Å²) in [6.45, 7) is -2.48. The second kappa shape index (κ2) is 34.5. The first-order valence-corrected chi connectivity index (χ1v) is 28.9. The number of unbranched alkanes of at least 4 members (excludes halogenated alkanes) is 2. The van der Waals surface area contributed by atoms with Crippen LogP contribution in [0.4, 0.5) is 25.8 Å². The summed E-state index contributed by atoms with van der Waals surface area (Å²) in [6.07, 6.45) is 15.5. The Hall–Kier alpha value is -9.47. The molecule has 4 aromatic rings. The van der Waals surface area contributed by atoms with Crippen molar-refractivity contribution < 1.29 is 77.4 Å². The van der Waals surface area contributed by atoms with Crippen LogP contribution in [0.1, 0.15) is 138 Å². The average Bonchev–Trinajstić information content (AvgIpc) is 2.58. The monoisotopic (exact) mass is 1220 g/mol. The van der Waals surface area contributed by atoms with E-state index in [9.17, 15) is 54.3 Å². The fraction of sp³-hybridized carbons (Fsp3) is 0.635. The Morgan fingerprint density at radius 1 is 0.563 bits per heavy atom. The van der Waals surface area contributed by atoms with Gasteiger partial charge in [-0.15, -0.1) is 40.5 Å². The fourth-order valence-electron chi connectivity index (χ4n) is 10.2. The largest absolute Gasteiger partial charge is 0.494 e. The van der Waals surface area contributed by atoms with E-state index in [1.165, 1.54) is 48.3 Å². The molecule has 87 heavy (non-hydrogen) atoms. The van der Waals surface area contributed by atoms with Crippen LogP contribution in [-0.2, 0) is 64.0 Å². The van der Waals surface area contributed by atoms with Crippen molar-refractivity contribution in [1.29, 1.82) is 0 Å². The molecule has 2 N–H and O–H groups in total. The Balaban J connectivity index is 0.000000256. The van der Waals surface area contributed by atoms with E-state index < -0.39 is 66.8 Å². The van der Waals surface area contributed by atoms with Gasteiger partial charge in [0.15, 0.2) is 31.8 Å². The lowest BCUT2D eigenvalue weighted by Crippen LogP contribution is -2.43. The molecule has 0 spiro atoms. The van der Waals surface area contributed by atoms with Crippen molar-refractivity contribution in [2.75, 3.05) is 82.7 Å². The van der Waals surface area contributed by atoms with E-state index in [-0.39, 0.29) is 51.1 Å². The molecule has 0 atom stereocenters. The van der Waals surface area contributed by atoms with Gasteiger partial charge in [-0.2, -0.15) is 0 Å². The molecule has 0 saturated heterocycles. The Morgan fingerprint density at radius 3 is 1.48 bits per heavy atom. The van der Waals surface area contributed by atoms with Crippen LogP contribution < -0.4 is 29.9 Å². The first-order chi connectivity index (χ1) is 42.2. The van der Waals surface area contributed by atoms with Crippen LogP contribution in [0, 0.1) is 30.3 Å². The van der Waals surface area contributed by atoms with Gasteiger partial charge < -0.3 is 48.8 Å². The highest BCUT2D eigenvalue weighted by Gasteiger charge is 2.29. The summed E-state index contributed by atoms with van der Waals surface area (Å²) in [5.74, 6) is 2.74. The van der Waals surface area contributed by atoms with Gasteiger partial charge in [0, 0.05) is 38.8 Å². The number of alkyl carbamates (subject to hydrolysis) is 2. The number of amides is 5. The SMILES string of the molecule is O=C(NCCO[N+](=O)[O-])OCN(CCO[N+](=O)[O-])C(=O)OCN1C(=O)CCc2cc(OCCCCc3nnnn3C3CCCCC3)ccc21.O=C(NCCO[N+](=O)[O-])OCN1C(=O)CCc2cc(OCCCCc3nnnn3C3CCCCC3)ccc21. The highest BCUT2D eigenvalue weighted by molar-refractivity contribution is 5.97. The lowest BCUT2D eigenvalue weighted by Gasteiger charge is -2.30. The minimum absolute atomic E-state index is 0.0946. The third-order valence-corrected chi connectivity index (χ3v) is 14.5. The van der Waals surface area contributed by atoms with E-state index >= 15 is 0 Å². The molecular formula is C52H72N16O19. The Morgan fingerprint density at radius 2 is 1.01 bits per heavy atom. The molecule has 35 heteroatoms. The van der Waals surface area contributed by atoms with Crippen molar-refractivity contribution in [2.24, 2.45) is 0 Å². The van der Waals surface area contributed by atoms with Crippen LogP contribution in [-0.4, -0.2) is 164 Å². The number of rotatable bonds is 32. The number of nitrogens with one attached hydrogen (secondary N) is 2. The molecule has 2 aliphatic heterocycles. The van der Waals surface area contributed by atoms with Crippen molar-refractivity contribution in [3.05, 3.63) is 89.5 Å². The third-order valence-electron chi connectivity index (χ3n) is 14.5. The predicted octanol–water partition coefficient (Wildman–Crippen LogP) is 5.11. The average molecular weight is 1230 g/mol. The molecule has 4 heterocycles. The molecule has 2 aliphatic carbocycles. The van der Waals surface area contributed by atoms with Crippen molar-refractivity contribution in [1.82, 2.24) is 55.9 Å². The van der Waals surface area contributed by atoms with Crippen LogP contribution in [0.3, 0.4) is 0 Å². The van der Waals surface area contributed by atoms with Gasteiger partial charge in [0.2, 0.25) is 11.8 Å². The Labute approximate surface area is 497 Å². The molecule has 2 aromatic heterocycles. The number of tetrazole rings is 2. The standard InChI is InChI=1S/C28H39N9O12.C24H33N7O7/c38-26-12-9-21-18-23(45-15-5-4-8-25-30-31-32-35(25)22-6-2-1-3-7-22)10-11-24(21)34(26)20-47-28(40)33(14-17-49-37(43)44)19-46-27(39)29-13-16-48-36(41)42;32-23-12-9-18-16-20(10-11-21(18)29(23)17-37-24(33)25-13-15-38-31(34)35)36-14-5-4-8-22-26-27-28-30(22)19-6-2-1-3-7-19/h10-11,18,22H,1-9,12-17,19-20H2,(H,29,39);10-11,16,19H,1-9,12-15,17H2,(H,25,33). The Bertz CT molecular complexity index is 2920. The molecule has 2 saturated carbocycles. The Kier molecular flexibility index (Phi) is 25.8. The summed E-state index contributed by atoms with van der Waals surface area (Å²) < 4.78 is 31.2. The van der Waals surface area contributed by atoms with Gasteiger partial charge in [0.05, 0.1) is 43.2 Å². The molecule has 2 aromatic carbocycles. The second-order valence-corrected chi connectivity index (χ2v) is 20.4. The number of hydrogen-bond donors (Lipinski definition) is 2. The van der Waals surface area contributed by atoms with Gasteiger partial charge in [0.1, 0.15) is 31.3 Å². The van der Waals surface area contributed by atoms with Crippen LogP contribution >= 0.6 is 0 Å². The lowest BCUT2D eigenvalue weighted by atomic mass is 9.95. The number of aryl methyl sites for hydroxylation is 4. The molecule has 0 radical (unpaired) electrons. The molecular weight excluding hydrogens is 1150 g/mol. The normalized spacial score (nSPS) is 14.9. The summed E-state index contributed by atoms with van der Waals surface area (Å²) in [7, 11) is 0. The summed E-state index contributed by atoms with van der Waals surface area (Å²) in [5.41, 5.74) is 2.93. The topological polar surface area (TPSA) is 410 Å². The van der Waals surface area contributed by atoms with Crippen molar-refractivity contribution in [3.63, 3.8) is 0 Å². The molecule has 5 amide bonds. The number of hydrogen-bond acceptors (Lipinski definition) is 25. The highest BCUT2D eigenvalue weighted by Crippen LogP contribution is 2.34. The minimum atomic E-state index is -1.06. The van der Waals surface area contributed by atoms with E-state index in [0.29, 0.717) is 55.3 Å². The molecule has 0 unspecified atom stereocenters. The van der Waals surface area contributed by atoms with Gasteiger partial charge in [-0.1, -0.05) is 38.5 Å². The fourth-order valence-corrected chi connectivity index (χ4v) is 10.2. The van der Waals surface area contributed by atoms with Crippen molar-refractivity contribution in [3.8, 4) is 11.5 Å². The maximum absolute atomic E-state index is 12.8. The van der Waals surface area contributed by atoms with Gasteiger partial charge in [-0.05, 0) is 133 Å². The first kappa shape index (κ1) is 65.1. The number of fused-ring (bicyclic) bond motifs is 2. The van der Waals surface area contributed by atoms with E-state index in [1.54, 1.807) is 24.3 Å². The van der Waals surface area contributed by atoms with E-state index in [1.807, 2.05) is 21.5 Å². The summed E-state index contributed by atoms with van der Waals surface area (Å²) in [5, 5.41) is 57.0. The predicted molar refractivity (Wildman–Crippen MR) is 297 cm³/mol. The first-order valence-electron chi connectivity index (χ1n) is 28.9. The summed E-state index contributed by atoms with van der Waals surface area (Å²) in [6, 6.07) is 11.5. The number of benzene rings is 2. The zero-order valence-corrected chi connectivity index (χ0v) is 48.1. The van der Waals surface area contributed by atoms with Gasteiger partial charge in [-0.3, -0.25) is 24.3 Å². The van der Waals surface area contributed by atoms with E-state index in [0.717, 1.165) is 97.6 Å². The van der Waals surface area contributed by atoms with E-state index in [2.05, 4.69) is 56.2 Å².